The number of furan rings is 1. The topological polar surface area (TPSA) is 39.2 Å². The predicted molar refractivity (Wildman–Crippen MR) is 53.3 cm³/mol. The molecular formula is C11H11NO. The van der Waals surface area contributed by atoms with E-state index in [9.17, 15) is 0 Å². The number of hydrogen-bond acceptors (Lipinski definition) is 2. The van der Waals surface area contributed by atoms with Gasteiger partial charge in [0.1, 0.15) is 11.5 Å². The van der Waals surface area contributed by atoms with Crippen LogP contribution in [0, 0.1) is 6.92 Å². The lowest BCUT2D eigenvalue weighted by Crippen LogP contribution is -1.87. The highest BCUT2D eigenvalue weighted by atomic mass is 16.3. The molecule has 1 aromatic carbocycles. The summed E-state index contributed by atoms with van der Waals surface area (Å²) in [6.07, 6.45) is 0. The Labute approximate surface area is 77.0 Å². The van der Waals surface area contributed by atoms with Crippen LogP contribution in [0.5, 0.6) is 0 Å². The van der Waals surface area contributed by atoms with Crippen molar-refractivity contribution in [1.82, 2.24) is 0 Å². The molecule has 0 unspecified atom stereocenters. The van der Waals surface area contributed by atoms with Crippen molar-refractivity contribution >= 4 is 5.69 Å². The van der Waals surface area contributed by atoms with Crippen molar-refractivity contribution < 1.29 is 4.42 Å². The minimum atomic E-state index is 0.747. The highest BCUT2D eigenvalue weighted by molar-refractivity contribution is 5.72. The van der Waals surface area contributed by atoms with E-state index in [0.29, 0.717) is 0 Å². The smallest absolute Gasteiger partial charge is 0.136 e. The molecule has 0 spiro atoms. The van der Waals surface area contributed by atoms with Crippen LogP contribution >= 0.6 is 0 Å². The Balaban J connectivity index is 2.52. The van der Waals surface area contributed by atoms with Gasteiger partial charge in [0.2, 0.25) is 0 Å². The minimum Gasteiger partial charge on any atom is -0.461 e. The average molecular weight is 173 g/mol. The molecule has 0 atom stereocenters. The number of para-hydroxylation sites is 1. The second-order valence-corrected chi connectivity index (χ2v) is 3.00. The molecule has 0 aliphatic heterocycles. The fourth-order valence-electron chi connectivity index (χ4n) is 1.30. The first kappa shape index (κ1) is 7.92. The molecular weight excluding hydrogens is 162 g/mol. The maximum atomic E-state index is 5.80. The van der Waals surface area contributed by atoms with Crippen LogP contribution in [0.25, 0.3) is 11.3 Å². The zero-order valence-electron chi connectivity index (χ0n) is 7.45. The number of anilines is 1. The molecule has 13 heavy (non-hydrogen) atoms. The van der Waals surface area contributed by atoms with Gasteiger partial charge in [0.15, 0.2) is 0 Å². The lowest BCUT2D eigenvalue weighted by molar-refractivity contribution is 0.548. The third kappa shape index (κ3) is 1.43. The van der Waals surface area contributed by atoms with Crippen LogP contribution in [0.4, 0.5) is 5.69 Å². The lowest BCUT2D eigenvalue weighted by Gasteiger charge is -2.00. The van der Waals surface area contributed by atoms with Crippen LogP contribution in [-0.2, 0) is 0 Å². The normalized spacial score (nSPS) is 10.2. The van der Waals surface area contributed by atoms with Gasteiger partial charge < -0.3 is 10.2 Å². The summed E-state index contributed by atoms with van der Waals surface area (Å²) in [5.41, 5.74) is 7.50. The van der Waals surface area contributed by atoms with E-state index in [1.165, 1.54) is 0 Å². The van der Waals surface area contributed by atoms with Gasteiger partial charge in [0.25, 0.3) is 0 Å². The summed E-state index contributed by atoms with van der Waals surface area (Å²) in [6, 6.07) is 11.5. The lowest BCUT2D eigenvalue weighted by atomic mass is 10.1. The monoisotopic (exact) mass is 173 g/mol. The summed E-state index contributed by atoms with van der Waals surface area (Å²) in [4.78, 5) is 0. The minimum absolute atomic E-state index is 0.747. The van der Waals surface area contributed by atoms with Crippen LogP contribution in [0.3, 0.4) is 0 Å². The molecule has 0 bridgehead atoms. The first-order chi connectivity index (χ1) is 6.27. The van der Waals surface area contributed by atoms with E-state index in [2.05, 4.69) is 0 Å². The molecule has 2 heteroatoms. The number of benzene rings is 1. The Morgan fingerprint density at radius 1 is 1.08 bits per heavy atom. The van der Waals surface area contributed by atoms with Crippen LogP contribution in [0.2, 0.25) is 0 Å². The summed E-state index contributed by atoms with van der Waals surface area (Å²) in [5.74, 6) is 1.73. The van der Waals surface area contributed by atoms with Crippen molar-refractivity contribution in [3.8, 4) is 11.3 Å². The standard InChI is InChI=1S/C11H11NO/c1-8-6-7-11(13-8)9-4-2-3-5-10(9)12/h2-7H,12H2,1H3. The van der Waals surface area contributed by atoms with Gasteiger partial charge in [0, 0.05) is 11.3 Å². The van der Waals surface area contributed by atoms with Crippen molar-refractivity contribution in [2.75, 3.05) is 5.73 Å². The van der Waals surface area contributed by atoms with E-state index in [4.69, 9.17) is 10.2 Å². The Morgan fingerprint density at radius 3 is 2.46 bits per heavy atom. The number of nitrogen functional groups attached to an aromatic ring is 1. The quantitative estimate of drug-likeness (QED) is 0.673. The van der Waals surface area contributed by atoms with Gasteiger partial charge in [-0.15, -0.1) is 0 Å². The second-order valence-electron chi connectivity index (χ2n) is 3.00. The van der Waals surface area contributed by atoms with Crippen molar-refractivity contribution in [2.24, 2.45) is 0 Å². The Morgan fingerprint density at radius 2 is 1.85 bits per heavy atom. The van der Waals surface area contributed by atoms with E-state index in [1.807, 2.05) is 43.3 Å². The SMILES string of the molecule is Cc1ccc(-c2ccccc2N)o1. The van der Waals surface area contributed by atoms with Gasteiger partial charge in [0.05, 0.1) is 0 Å². The first-order valence-corrected chi connectivity index (χ1v) is 4.18. The van der Waals surface area contributed by atoms with E-state index in [0.717, 1.165) is 22.8 Å². The molecule has 1 heterocycles. The molecule has 0 saturated carbocycles. The largest absolute Gasteiger partial charge is 0.461 e. The molecule has 2 aromatic rings. The molecule has 0 saturated heterocycles. The maximum Gasteiger partial charge on any atom is 0.136 e. The molecule has 0 fully saturated rings. The van der Waals surface area contributed by atoms with Crippen LogP contribution in [0.1, 0.15) is 5.76 Å². The third-order valence-electron chi connectivity index (χ3n) is 1.97. The van der Waals surface area contributed by atoms with Gasteiger partial charge in [-0.05, 0) is 31.2 Å². The van der Waals surface area contributed by atoms with Crippen molar-refractivity contribution in [1.29, 1.82) is 0 Å². The molecule has 66 valence electrons. The summed E-state index contributed by atoms with van der Waals surface area (Å²) >= 11 is 0. The molecule has 1 aromatic heterocycles. The molecule has 0 radical (unpaired) electrons. The van der Waals surface area contributed by atoms with Crippen molar-refractivity contribution in [2.45, 2.75) is 6.92 Å². The maximum absolute atomic E-state index is 5.80. The second kappa shape index (κ2) is 2.98. The van der Waals surface area contributed by atoms with Crippen LogP contribution < -0.4 is 5.73 Å². The van der Waals surface area contributed by atoms with Crippen molar-refractivity contribution in [3.05, 3.63) is 42.2 Å². The highest BCUT2D eigenvalue weighted by Gasteiger charge is 2.04. The number of nitrogens with two attached hydrogens (primary N) is 1. The zero-order chi connectivity index (χ0) is 9.26. The van der Waals surface area contributed by atoms with Crippen LogP contribution in [0.15, 0.2) is 40.8 Å². The average Bonchev–Trinajstić information content (AvgIpc) is 2.53. The summed E-state index contributed by atoms with van der Waals surface area (Å²) < 4.78 is 5.47. The van der Waals surface area contributed by atoms with Gasteiger partial charge >= 0.3 is 0 Å². The first-order valence-electron chi connectivity index (χ1n) is 4.18. The Kier molecular flexibility index (Phi) is 1.81. The van der Waals surface area contributed by atoms with Gasteiger partial charge in [-0.2, -0.15) is 0 Å². The molecule has 0 aliphatic rings. The predicted octanol–water partition coefficient (Wildman–Crippen LogP) is 2.84. The molecule has 2 rings (SSSR count). The molecule has 2 N–H and O–H groups in total. The van der Waals surface area contributed by atoms with E-state index in [-0.39, 0.29) is 0 Å². The number of aryl methyl sites for hydroxylation is 1. The van der Waals surface area contributed by atoms with Gasteiger partial charge in [-0.25, -0.2) is 0 Å². The van der Waals surface area contributed by atoms with E-state index >= 15 is 0 Å². The number of rotatable bonds is 1. The molecule has 2 nitrogen and oxygen atoms in total. The fraction of sp³-hybridized carbons (Fsp3) is 0.0909. The van der Waals surface area contributed by atoms with Crippen molar-refractivity contribution in [3.63, 3.8) is 0 Å². The van der Waals surface area contributed by atoms with Crippen LogP contribution in [-0.4, -0.2) is 0 Å². The summed E-state index contributed by atoms with van der Waals surface area (Å²) in [6.45, 7) is 1.92. The summed E-state index contributed by atoms with van der Waals surface area (Å²) in [5, 5.41) is 0. The zero-order valence-corrected chi connectivity index (χ0v) is 7.45. The number of hydrogen-bond donors (Lipinski definition) is 1. The third-order valence-corrected chi connectivity index (χ3v) is 1.97. The van der Waals surface area contributed by atoms with E-state index < -0.39 is 0 Å². The Hall–Kier alpha value is -1.70. The fourth-order valence-corrected chi connectivity index (χ4v) is 1.30. The van der Waals surface area contributed by atoms with Gasteiger partial charge in [-0.3, -0.25) is 0 Å². The molecule has 0 aliphatic carbocycles. The molecule has 0 amide bonds. The highest BCUT2D eigenvalue weighted by Crippen LogP contribution is 2.26. The summed E-state index contributed by atoms with van der Waals surface area (Å²) in [7, 11) is 0. The van der Waals surface area contributed by atoms with Gasteiger partial charge in [-0.1, -0.05) is 12.1 Å². The van der Waals surface area contributed by atoms with E-state index in [1.54, 1.807) is 0 Å². The Bertz CT molecular complexity index is 418.